The second kappa shape index (κ2) is 18.8. The van der Waals surface area contributed by atoms with Gasteiger partial charge in [0.15, 0.2) is 5.71 Å². The number of piperidine rings is 1. The van der Waals surface area contributed by atoms with E-state index in [2.05, 4.69) is 127 Å². The first-order valence-corrected chi connectivity index (χ1v) is 25.7. The molecule has 0 atom stereocenters. The molecular formula is C59H66N7O4+. The molecule has 10 rings (SSSR count). The van der Waals surface area contributed by atoms with Crippen molar-refractivity contribution in [2.24, 2.45) is 0 Å². The van der Waals surface area contributed by atoms with Crippen molar-refractivity contribution in [3.63, 3.8) is 0 Å². The van der Waals surface area contributed by atoms with Crippen molar-refractivity contribution >= 4 is 62.1 Å². The summed E-state index contributed by atoms with van der Waals surface area (Å²) in [7, 11) is 0. The number of anilines is 2. The number of imide groups is 1. The van der Waals surface area contributed by atoms with Gasteiger partial charge in [0.05, 0.1) is 17.2 Å². The van der Waals surface area contributed by atoms with Crippen LogP contribution in [0.5, 0.6) is 0 Å². The molecular weight excluding hydrogens is 871 g/mol. The number of aryl methyl sites for hydroxylation is 1. The molecule has 6 aromatic rings. The van der Waals surface area contributed by atoms with E-state index in [0.717, 1.165) is 115 Å². The fourth-order valence-electron chi connectivity index (χ4n) is 11.7. The number of unbranched alkanes of at least 4 members (excludes halogenated alkanes) is 3. The second-order valence-corrected chi connectivity index (χ2v) is 20.7. The summed E-state index contributed by atoms with van der Waals surface area (Å²) in [5, 5.41) is 23.1. The number of aromatic carboxylic acids is 1. The molecule has 0 bridgehead atoms. The number of hydrogen-bond donors (Lipinski definition) is 1. The van der Waals surface area contributed by atoms with E-state index in [0.29, 0.717) is 36.2 Å². The number of nitrogens with zero attached hydrogens (tertiary/aromatic N) is 7. The molecule has 0 saturated carbocycles. The number of carboxylic acid groups (broad SMARTS) is 1. The minimum Gasteiger partial charge on any atom is -0.478 e. The van der Waals surface area contributed by atoms with Crippen LogP contribution in [0.4, 0.5) is 17.1 Å². The van der Waals surface area contributed by atoms with Crippen LogP contribution >= 0.6 is 0 Å². The van der Waals surface area contributed by atoms with Crippen LogP contribution in [0.25, 0.3) is 32.8 Å². The largest absolute Gasteiger partial charge is 0.478 e. The second-order valence-electron chi connectivity index (χ2n) is 20.7. The predicted molar refractivity (Wildman–Crippen MR) is 281 cm³/mol. The Bertz CT molecular complexity index is 3140. The van der Waals surface area contributed by atoms with Gasteiger partial charge in [-0.3, -0.25) is 19.2 Å². The highest BCUT2D eigenvalue weighted by atomic mass is 16.4. The molecule has 1 fully saturated rings. The van der Waals surface area contributed by atoms with Crippen molar-refractivity contribution in [3.8, 4) is 11.3 Å². The van der Waals surface area contributed by atoms with Crippen molar-refractivity contribution in [3.05, 3.63) is 137 Å². The molecule has 0 unspecified atom stereocenters. The van der Waals surface area contributed by atoms with Crippen LogP contribution in [0, 0.1) is 0 Å². The molecule has 0 radical (unpaired) electrons. The third kappa shape index (κ3) is 8.10. The van der Waals surface area contributed by atoms with Crippen LogP contribution in [0.15, 0.2) is 109 Å². The number of benzene rings is 5. The van der Waals surface area contributed by atoms with E-state index in [1.807, 2.05) is 41.2 Å². The highest BCUT2D eigenvalue weighted by Crippen LogP contribution is 2.49. The van der Waals surface area contributed by atoms with E-state index >= 15 is 0 Å². The average molecular weight is 937 g/mol. The SMILES string of the molecule is CCCCN1C(=CC=CC2=[N+](CCCC)c3ccc4cc(-c5cn(CCCCN6C(=O)c7cccc8c(N9CCCCC9)ccc(c78)C6=O)nn5)ccc4c3C2(C)C)C(C)(C)c2cc(C(=O)O)ccc21. The Kier molecular flexibility index (Phi) is 12.6. The standard InChI is InChI=1S/C59H65N7O4/c1-7-9-33-64-49-27-24-41(57(69)70)37-46(49)58(3,4)51(64)20-17-21-52-59(5,6)54-42-25-22-40(36-39(42)23-28-50(54)65(52)34-10-8-2)47-38-63(61-60-47)32-14-15-35-66-55(67)44-19-16-18-43-48(62-30-12-11-13-31-62)29-26-45(53(43)44)56(66)68/h16-29,36-38H,7-15,30-35H2,1-6H3/p+1. The number of hydrogen-bond acceptors (Lipinski definition) is 7. The quantitative estimate of drug-likeness (QED) is 0.0580. The zero-order valence-electron chi connectivity index (χ0n) is 41.7. The molecule has 1 saturated heterocycles. The number of aromatic nitrogens is 3. The van der Waals surface area contributed by atoms with Gasteiger partial charge in [0.2, 0.25) is 5.69 Å². The van der Waals surface area contributed by atoms with Gasteiger partial charge in [0.25, 0.3) is 11.8 Å². The topological polar surface area (TPSA) is 115 Å². The maximum absolute atomic E-state index is 13.8. The highest BCUT2D eigenvalue weighted by molar-refractivity contribution is 6.26. The smallest absolute Gasteiger partial charge is 0.335 e. The zero-order valence-corrected chi connectivity index (χ0v) is 41.7. The minimum absolute atomic E-state index is 0.214. The molecule has 0 aliphatic carbocycles. The lowest BCUT2D eigenvalue weighted by atomic mass is 9.78. The number of rotatable bonds is 16. The molecule has 5 aromatic carbocycles. The number of carboxylic acids is 1. The fraction of sp³-hybridized carbons (Fsp3) is 0.390. The third-order valence-electron chi connectivity index (χ3n) is 15.5. The monoisotopic (exact) mass is 937 g/mol. The molecule has 2 amide bonds. The maximum atomic E-state index is 13.8. The van der Waals surface area contributed by atoms with Gasteiger partial charge in [-0.05, 0) is 123 Å². The number of allylic oxidation sites excluding steroid dienone is 4. The van der Waals surface area contributed by atoms with E-state index in [9.17, 15) is 19.5 Å². The van der Waals surface area contributed by atoms with Gasteiger partial charge >= 0.3 is 5.97 Å². The summed E-state index contributed by atoms with van der Waals surface area (Å²) in [6.45, 7) is 18.3. The van der Waals surface area contributed by atoms with Crippen LogP contribution in [-0.2, 0) is 17.4 Å². The maximum Gasteiger partial charge on any atom is 0.335 e. The van der Waals surface area contributed by atoms with Crippen molar-refractivity contribution < 1.29 is 24.1 Å². The Labute approximate surface area is 411 Å². The summed E-state index contributed by atoms with van der Waals surface area (Å²) in [6.07, 6.45) is 18.0. The summed E-state index contributed by atoms with van der Waals surface area (Å²) in [5.74, 6) is -1.33. The first kappa shape index (κ1) is 46.8. The van der Waals surface area contributed by atoms with E-state index in [1.165, 1.54) is 39.4 Å². The first-order valence-electron chi connectivity index (χ1n) is 25.7. The fourth-order valence-corrected chi connectivity index (χ4v) is 11.7. The summed E-state index contributed by atoms with van der Waals surface area (Å²) < 4.78 is 4.37. The van der Waals surface area contributed by atoms with E-state index in [-0.39, 0.29) is 22.6 Å². The summed E-state index contributed by atoms with van der Waals surface area (Å²) >= 11 is 0. The normalized spacial score (nSPS) is 17.8. The number of amides is 2. The third-order valence-corrected chi connectivity index (χ3v) is 15.5. The van der Waals surface area contributed by atoms with Crippen LogP contribution < -0.4 is 9.80 Å². The van der Waals surface area contributed by atoms with Crippen LogP contribution in [-0.4, -0.2) is 85.8 Å². The van der Waals surface area contributed by atoms with Gasteiger partial charge in [-0.25, -0.2) is 4.79 Å². The van der Waals surface area contributed by atoms with Crippen molar-refractivity contribution in [1.29, 1.82) is 0 Å². The lowest BCUT2D eigenvalue weighted by Crippen LogP contribution is -2.41. The zero-order chi connectivity index (χ0) is 48.9. The van der Waals surface area contributed by atoms with Crippen molar-refractivity contribution in [1.82, 2.24) is 19.9 Å². The molecule has 4 aliphatic heterocycles. The van der Waals surface area contributed by atoms with Gasteiger partial charge < -0.3 is 14.9 Å². The van der Waals surface area contributed by atoms with Crippen molar-refractivity contribution in [2.75, 3.05) is 42.5 Å². The molecule has 4 aliphatic rings. The lowest BCUT2D eigenvalue weighted by Gasteiger charge is -2.32. The number of carbonyl (C=O) groups is 3. The summed E-state index contributed by atoms with van der Waals surface area (Å²) in [6, 6.07) is 26.5. The van der Waals surface area contributed by atoms with Gasteiger partial charge in [0, 0.05) is 107 Å². The van der Waals surface area contributed by atoms with Gasteiger partial charge in [-0.1, -0.05) is 76.1 Å². The van der Waals surface area contributed by atoms with Gasteiger partial charge in [-0.2, -0.15) is 4.58 Å². The van der Waals surface area contributed by atoms with Gasteiger partial charge in [0.1, 0.15) is 12.2 Å². The number of fused-ring (bicyclic) bond motifs is 4. The Balaban J connectivity index is 0.840. The molecule has 70 heavy (non-hydrogen) atoms. The van der Waals surface area contributed by atoms with Gasteiger partial charge in [-0.15, -0.1) is 5.10 Å². The summed E-state index contributed by atoms with van der Waals surface area (Å²) in [4.78, 5) is 45.9. The Morgan fingerprint density at radius 2 is 1.50 bits per heavy atom. The Morgan fingerprint density at radius 3 is 2.27 bits per heavy atom. The Morgan fingerprint density at radius 1 is 0.757 bits per heavy atom. The number of carbonyl (C=O) groups excluding carboxylic acids is 2. The average Bonchev–Trinajstić information content (AvgIpc) is 3.99. The van der Waals surface area contributed by atoms with E-state index in [4.69, 9.17) is 0 Å². The molecule has 5 heterocycles. The lowest BCUT2D eigenvalue weighted by molar-refractivity contribution is -0.438. The molecule has 1 aromatic heterocycles. The molecule has 11 nitrogen and oxygen atoms in total. The predicted octanol–water partition coefficient (Wildman–Crippen LogP) is 12.2. The van der Waals surface area contributed by atoms with E-state index in [1.54, 1.807) is 6.07 Å². The van der Waals surface area contributed by atoms with E-state index < -0.39 is 5.97 Å². The van der Waals surface area contributed by atoms with Crippen LogP contribution in [0.1, 0.15) is 142 Å². The molecule has 1 N–H and O–H groups in total. The molecule has 360 valence electrons. The van der Waals surface area contributed by atoms with Crippen LogP contribution in [0.3, 0.4) is 0 Å². The summed E-state index contributed by atoms with van der Waals surface area (Å²) in [5.41, 5.74) is 10.9. The Hall–Kier alpha value is -6.88. The minimum atomic E-state index is -0.905. The highest BCUT2D eigenvalue weighted by Gasteiger charge is 2.46. The molecule has 0 spiro atoms. The van der Waals surface area contributed by atoms with Crippen molar-refractivity contribution in [2.45, 2.75) is 117 Å². The van der Waals surface area contributed by atoms with Crippen LogP contribution in [0.2, 0.25) is 0 Å². The first-order chi connectivity index (χ1) is 33.8. The molecule has 11 heteroatoms.